The number of hydrogen-bond acceptors (Lipinski definition) is 4. The topological polar surface area (TPSA) is 36.9 Å². The lowest BCUT2D eigenvalue weighted by molar-refractivity contribution is -0.361. The lowest BCUT2D eigenvalue weighted by Crippen LogP contribution is -2.47. The quantitative estimate of drug-likeness (QED) is 0.413. The van der Waals surface area contributed by atoms with Gasteiger partial charge in [0.15, 0.2) is 10.5 Å². The molecule has 0 saturated carbocycles. The minimum atomic E-state index is -1.03. The minimum absolute atomic E-state index is 0.241. The first-order chi connectivity index (χ1) is 5.16. The number of ether oxygens (including phenoxy) is 3. The van der Waals surface area contributed by atoms with Gasteiger partial charge in [0.2, 0.25) is 0 Å². The molecule has 68 valence electrons. The van der Waals surface area contributed by atoms with Crippen molar-refractivity contribution in [1.29, 1.82) is 0 Å². The largest absolute Gasteiger partial charge is 0.378 e. The van der Waals surface area contributed by atoms with Gasteiger partial charge in [-0.15, -0.1) is 0 Å². The lowest BCUT2D eigenvalue weighted by Gasteiger charge is -2.33. The Morgan fingerprint density at radius 1 is 1.18 bits per heavy atom. The molecule has 0 aromatic carbocycles. The average Bonchev–Trinajstić information content (AvgIpc) is 2.08. The Kier molecular flexibility index (Phi) is 4.86. The molecule has 0 aliphatic rings. The predicted octanol–water partition coefficient (Wildman–Crippen LogP) is -0.735. The molecule has 5 heteroatoms. The highest BCUT2D eigenvalue weighted by atomic mass is 28.2. The Morgan fingerprint density at radius 2 is 1.64 bits per heavy atom. The lowest BCUT2D eigenvalue weighted by atomic mass is 10.3. The second-order valence-corrected chi connectivity index (χ2v) is 2.50. The molecule has 0 heterocycles. The van der Waals surface area contributed by atoms with Crippen LogP contribution >= 0.6 is 0 Å². The van der Waals surface area contributed by atoms with Gasteiger partial charge in [0.1, 0.15) is 6.10 Å². The molecule has 0 radical (unpaired) electrons. The Hall–Kier alpha value is 0.0569. The van der Waals surface area contributed by atoms with Crippen molar-refractivity contribution in [2.45, 2.75) is 19.0 Å². The molecule has 0 aromatic rings. The third kappa shape index (κ3) is 2.24. The highest BCUT2D eigenvalue weighted by Gasteiger charge is 2.36. The van der Waals surface area contributed by atoms with Crippen molar-refractivity contribution in [2.75, 3.05) is 21.3 Å². The Bertz CT molecular complexity index is 96.5. The fourth-order valence-electron chi connectivity index (χ4n) is 0.892. The van der Waals surface area contributed by atoms with Crippen LogP contribution in [0.4, 0.5) is 0 Å². The fourth-order valence-corrected chi connectivity index (χ4v) is 1.56. The van der Waals surface area contributed by atoms with Crippen molar-refractivity contribution >= 4 is 10.5 Å². The molecule has 0 N–H and O–H groups in total. The zero-order chi connectivity index (χ0) is 8.91. The smallest absolute Gasteiger partial charge is 0.299 e. The number of methoxy groups -OCH3 is 3. The zero-order valence-corrected chi connectivity index (χ0v) is 9.71. The summed E-state index contributed by atoms with van der Waals surface area (Å²) in [5, 5.41) is 0. The first-order valence-electron chi connectivity index (χ1n) is 3.35. The molecule has 0 spiro atoms. The van der Waals surface area contributed by atoms with Gasteiger partial charge in [-0.25, -0.2) is 0 Å². The molecule has 1 atom stereocenters. The molecule has 0 rings (SSSR count). The molecule has 0 aliphatic heterocycles. The number of hydrogen-bond donors (Lipinski definition) is 0. The van der Waals surface area contributed by atoms with E-state index >= 15 is 0 Å². The van der Waals surface area contributed by atoms with Crippen molar-refractivity contribution < 1.29 is 18.6 Å². The van der Waals surface area contributed by atoms with E-state index in [9.17, 15) is 0 Å². The van der Waals surface area contributed by atoms with Crippen molar-refractivity contribution in [3.8, 4) is 0 Å². The fraction of sp³-hybridized carbons (Fsp3) is 1.00. The van der Waals surface area contributed by atoms with Crippen LogP contribution in [0.3, 0.4) is 0 Å². The second-order valence-electron chi connectivity index (χ2n) is 2.09. The number of rotatable bonds is 5. The molecule has 0 aromatic heterocycles. The van der Waals surface area contributed by atoms with Crippen LogP contribution in [0.1, 0.15) is 6.92 Å². The first-order valence-corrected chi connectivity index (χ1v) is 4.16. The maximum atomic E-state index is 5.16. The van der Waals surface area contributed by atoms with Crippen molar-refractivity contribution in [2.24, 2.45) is 0 Å². The van der Waals surface area contributed by atoms with Crippen LogP contribution in [-0.4, -0.2) is 43.9 Å². The summed E-state index contributed by atoms with van der Waals surface area (Å²) in [6, 6.07) is 0. The van der Waals surface area contributed by atoms with Gasteiger partial charge in [-0.2, -0.15) is 0 Å². The van der Waals surface area contributed by atoms with Crippen LogP contribution in [0.25, 0.3) is 0 Å². The summed E-state index contributed by atoms with van der Waals surface area (Å²) in [4.78, 5) is 0. The van der Waals surface area contributed by atoms with Gasteiger partial charge >= 0.3 is 0 Å². The Balaban J connectivity index is 4.26. The molecular formula is C6H16O4Si. The monoisotopic (exact) mass is 180 g/mol. The molecule has 0 saturated heterocycles. The summed E-state index contributed by atoms with van der Waals surface area (Å²) < 4.78 is 20.3. The normalized spacial score (nSPS) is 15.3. The van der Waals surface area contributed by atoms with Gasteiger partial charge in [-0.1, -0.05) is 0 Å². The van der Waals surface area contributed by atoms with Gasteiger partial charge in [0.25, 0.3) is 5.97 Å². The third-order valence-electron chi connectivity index (χ3n) is 1.70. The van der Waals surface area contributed by atoms with Crippen LogP contribution in [0.15, 0.2) is 0 Å². The van der Waals surface area contributed by atoms with E-state index in [0.717, 1.165) is 0 Å². The standard InChI is InChI=1S/C6H16O4Si/c1-5(7-2)6(8-3,9-4)10-11/h5H,1-4,11H3. The summed E-state index contributed by atoms with van der Waals surface area (Å²) in [6.07, 6.45) is -0.241. The van der Waals surface area contributed by atoms with Gasteiger partial charge in [-0.3, -0.25) is 0 Å². The van der Waals surface area contributed by atoms with Crippen LogP contribution in [0, 0.1) is 0 Å². The Morgan fingerprint density at radius 3 is 1.73 bits per heavy atom. The maximum Gasteiger partial charge on any atom is 0.299 e. The van der Waals surface area contributed by atoms with Gasteiger partial charge < -0.3 is 18.6 Å². The summed E-state index contributed by atoms with van der Waals surface area (Å²) in [5.41, 5.74) is 0. The third-order valence-corrected chi connectivity index (χ3v) is 2.27. The van der Waals surface area contributed by atoms with Crippen LogP contribution < -0.4 is 0 Å². The zero-order valence-electron chi connectivity index (χ0n) is 7.71. The van der Waals surface area contributed by atoms with Crippen molar-refractivity contribution in [3.63, 3.8) is 0 Å². The minimum Gasteiger partial charge on any atom is -0.378 e. The van der Waals surface area contributed by atoms with E-state index in [0.29, 0.717) is 10.5 Å². The molecule has 0 amide bonds. The highest BCUT2D eigenvalue weighted by Crippen LogP contribution is 2.18. The molecular weight excluding hydrogens is 164 g/mol. The van der Waals surface area contributed by atoms with E-state index in [2.05, 4.69) is 0 Å². The van der Waals surface area contributed by atoms with E-state index in [1.807, 2.05) is 6.92 Å². The molecule has 0 bridgehead atoms. The van der Waals surface area contributed by atoms with Crippen molar-refractivity contribution in [3.05, 3.63) is 0 Å². The summed E-state index contributed by atoms with van der Waals surface area (Å²) in [6.45, 7) is 1.82. The van der Waals surface area contributed by atoms with Crippen LogP contribution in [0.5, 0.6) is 0 Å². The second kappa shape index (κ2) is 4.84. The highest BCUT2D eigenvalue weighted by molar-refractivity contribution is 5.98. The van der Waals surface area contributed by atoms with E-state index in [-0.39, 0.29) is 6.10 Å². The summed E-state index contributed by atoms with van der Waals surface area (Å²) in [5.74, 6) is -1.03. The summed E-state index contributed by atoms with van der Waals surface area (Å²) in [7, 11) is 5.17. The average molecular weight is 180 g/mol. The van der Waals surface area contributed by atoms with Crippen LogP contribution in [-0.2, 0) is 18.6 Å². The molecule has 4 nitrogen and oxygen atoms in total. The maximum absolute atomic E-state index is 5.16. The molecule has 11 heavy (non-hydrogen) atoms. The van der Waals surface area contributed by atoms with Gasteiger partial charge in [-0.05, 0) is 6.92 Å². The van der Waals surface area contributed by atoms with Crippen LogP contribution in [0.2, 0.25) is 0 Å². The van der Waals surface area contributed by atoms with E-state index in [1.165, 1.54) is 14.2 Å². The van der Waals surface area contributed by atoms with Gasteiger partial charge in [0.05, 0.1) is 0 Å². The van der Waals surface area contributed by atoms with E-state index in [1.54, 1.807) is 7.11 Å². The first kappa shape index (κ1) is 11.1. The van der Waals surface area contributed by atoms with Gasteiger partial charge in [0, 0.05) is 21.3 Å². The Labute approximate surface area is 70.3 Å². The van der Waals surface area contributed by atoms with Crippen molar-refractivity contribution in [1.82, 2.24) is 0 Å². The van der Waals surface area contributed by atoms with E-state index < -0.39 is 5.97 Å². The summed E-state index contributed by atoms with van der Waals surface area (Å²) >= 11 is 0. The molecule has 0 aliphatic carbocycles. The molecule has 1 unspecified atom stereocenters. The predicted molar refractivity (Wildman–Crippen MR) is 44.2 cm³/mol. The SMILES string of the molecule is COC(C)C(OC)(OC)O[SiH3]. The van der Waals surface area contributed by atoms with E-state index in [4.69, 9.17) is 18.6 Å². The molecule has 0 fully saturated rings.